The molecule has 0 unspecified atom stereocenters. The molecule has 0 aliphatic carbocycles. The van der Waals surface area contributed by atoms with E-state index in [1.54, 1.807) is 6.07 Å². The van der Waals surface area contributed by atoms with Crippen LogP contribution in [0.3, 0.4) is 0 Å². The van der Waals surface area contributed by atoms with Crippen molar-refractivity contribution in [2.75, 3.05) is 13.1 Å². The van der Waals surface area contributed by atoms with Gasteiger partial charge in [-0.1, -0.05) is 11.6 Å². The van der Waals surface area contributed by atoms with Crippen LogP contribution >= 0.6 is 24.0 Å². The van der Waals surface area contributed by atoms with Gasteiger partial charge < -0.3 is 5.73 Å². The monoisotopic (exact) mass is 264 g/mol. The molecule has 1 saturated heterocycles. The molecule has 2 nitrogen and oxygen atoms in total. The highest BCUT2D eigenvalue weighted by atomic mass is 35.5. The van der Waals surface area contributed by atoms with E-state index in [-0.39, 0.29) is 24.3 Å². The Balaban J connectivity index is 0.00000128. The van der Waals surface area contributed by atoms with Crippen LogP contribution in [0, 0.1) is 5.82 Å². The first kappa shape index (κ1) is 13.7. The standard InChI is InChI=1S/C11H14ClFN2.ClH/c12-9-3-8(4-10(13)5-9)6-15-2-1-11(14)7-15;/h3-5,11H,1-2,6-7,14H2;1H/t11-;/m0./s1. The fourth-order valence-electron chi connectivity index (χ4n) is 1.97. The zero-order valence-electron chi connectivity index (χ0n) is 8.83. The quantitative estimate of drug-likeness (QED) is 0.889. The molecule has 1 aromatic carbocycles. The second-order valence-electron chi connectivity index (χ2n) is 4.06. The summed E-state index contributed by atoms with van der Waals surface area (Å²) in [7, 11) is 0. The van der Waals surface area contributed by atoms with Crippen LogP contribution in [0.15, 0.2) is 18.2 Å². The smallest absolute Gasteiger partial charge is 0.125 e. The number of nitrogens with two attached hydrogens (primary N) is 1. The summed E-state index contributed by atoms with van der Waals surface area (Å²) >= 11 is 5.78. The highest BCUT2D eigenvalue weighted by Gasteiger charge is 2.18. The largest absolute Gasteiger partial charge is 0.326 e. The summed E-state index contributed by atoms with van der Waals surface area (Å²) in [6.45, 7) is 2.59. The molecule has 1 aliphatic rings. The molecule has 1 aromatic rings. The lowest BCUT2D eigenvalue weighted by Gasteiger charge is -2.15. The van der Waals surface area contributed by atoms with Crippen LogP contribution in [-0.2, 0) is 6.54 Å². The van der Waals surface area contributed by atoms with Gasteiger partial charge in [-0.2, -0.15) is 0 Å². The van der Waals surface area contributed by atoms with E-state index in [1.165, 1.54) is 12.1 Å². The van der Waals surface area contributed by atoms with Crippen molar-refractivity contribution >= 4 is 24.0 Å². The van der Waals surface area contributed by atoms with Gasteiger partial charge >= 0.3 is 0 Å². The molecule has 2 N–H and O–H groups in total. The Labute approximate surface area is 106 Å². The molecule has 0 radical (unpaired) electrons. The van der Waals surface area contributed by atoms with Crippen LogP contribution in [-0.4, -0.2) is 24.0 Å². The van der Waals surface area contributed by atoms with Crippen molar-refractivity contribution < 1.29 is 4.39 Å². The van der Waals surface area contributed by atoms with Crippen molar-refractivity contribution in [1.29, 1.82) is 0 Å². The second kappa shape index (κ2) is 5.82. The Kier molecular flexibility index (Phi) is 4.99. The van der Waals surface area contributed by atoms with Crippen LogP contribution in [0.1, 0.15) is 12.0 Å². The summed E-state index contributed by atoms with van der Waals surface area (Å²) in [5.74, 6) is -0.277. The van der Waals surface area contributed by atoms with Gasteiger partial charge in [0.1, 0.15) is 5.82 Å². The molecular weight excluding hydrogens is 250 g/mol. The average Bonchev–Trinajstić information content (AvgIpc) is 2.49. The van der Waals surface area contributed by atoms with Gasteiger partial charge in [0.2, 0.25) is 0 Å². The summed E-state index contributed by atoms with van der Waals surface area (Å²) in [6, 6.07) is 4.90. The molecular formula is C11H15Cl2FN2. The van der Waals surface area contributed by atoms with Gasteiger partial charge in [-0.15, -0.1) is 12.4 Å². The van der Waals surface area contributed by atoms with Crippen molar-refractivity contribution in [3.63, 3.8) is 0 Å². The molecule has 16 heavy (non-hydrogen) atoms. The zero-order chi connectivity index (χ0) is 10.8. The summed E-state index contributed by atoms with van der Waals surface area (Å²) in [4.78, 5) is 2.22. The van der Waals surface area contributed by atoms with Gasteiger partial charge in [-0.3, -0.25) is 4.90 Å². The summed E-state index contributed by atoms with van der Waals surface area (Å²) in [5.41, 5.74) is 6.71. The zero-order valence-corrected chi connectivity index (χ0v) is 10.4. The van der Waals surface area contributed by atoms with E-state index >= 15 is 0 Å². The number of likely N-dealkylation sites (tertiary alicyclic amines) is 1. The minimum atomic E-state index is -0.277. The van der Waals surface area contributed by atoms with Gasteiger partial charge in [0.25, 0.3) is 0 Å². The number of hydrogen-bond acceptors (Lipinski definition) is 2. The van der Waals surface area contributed by atoms with Crippen molar-refractivity contribution in [2.24, 2.45) is 5.73 Å². The SMILES string of the molecule is Cl.N[C@H]1CCN(Cc2cc(F)cc(Cl)c2)C1. The van der Waals surface area contributed by atoms with Crippen LogP contribution in [0.25, 0.3) is 0 Å². The van der Waals surface area contributed by atoms with Crippen molar-refractivity contribution in [3.05, 3.63) is 34.6 Å². The fourth-order valence-corrected chi connectivity index (χ4v) is 2.21. The highest BCUT2D eigenvalue weighted by molar-refractivity contribution is 6.30. The summed E-state index contributed by atoms with van der Waals surface area (Å²) in [6.07, 6.45) is 1.02. The Bertz CT molecular complexity index is 340. The molecule has 5 heteroatoms. The predicted octanol–water partition coefficient (Wildman–Crippen LogP) is 2.43. The number of benzene rings is 1. The minimum absolute atomic E-state index is 0. The first-order chi connectivity index (χ1) is 7.13. The van der Waals surface area contributed by atoms with Crippen LogP contribution in [0.2, 0.25) is 5.02 Å². The number of hydrogen-bond donors (Lipinski definition) is 1. The lowest BCUT2D eigenvalue weighted by Crippen LogP contribution is -2.26. The predicted molar refractivity (Wildman–Crippen MR) is 66.5 cm³/mol. The van der Waals surface area contributed by atoms with Crippen molar-refractivity contribution in [2.45, 2.75) is 19.0 Å². The van der Waals surface area contributed by atoms with E-state index < -0.39 is 0 Å². The molecule has 0 saturated carbocycles. The third-order valence-corrected chi connectivity index (χ3v) is 2.86. The van der Waals surface area contributed by atoms with Gasteiger partial charge in [-0.05, 0) is 30.2 Å². The van der Waals surface area contributed by atoms with Gasteiger partial charge in [0, 0.05) is 30.7 Å². The fraction of sp³-hybridized carbons (Fsp3) is 0.455. The first-order valence-electron chi connectivity index (χ1n) is 5.06. The van der Waals surface area contributed by atoms with E-state index in [9.17, 15) is 4.39 Å². The van der Waals surface area contributed by atoms with Gasteiger partial charge in [-0.25, -0.2) is 4.39 Å². The molecule has 0 amide bonds. The molecule has 90 valence electrons. The molecule has 2 rings (SSSR count). The third-order valence-electron chi connectivity index (χ3n) is 2.64. The maximum absolute atomic E-state index is 13.1. The third kappa shape index (κ3) is 3.59. The molecule has 1 heterocycles. The Morgan fingerprint density at radius 3 is 2.75 bits per heavy atom. The normalized spacial score (nSPS) is 20.8. The van der Waals surface area contributed by atoms with E-state index in [1.807, 2.05) is 0 Å². The Morgan fingerprint density at radius 2 is 2.19 bits per heavy atom. The molecule has 0 bridgehead atoms. The van der Waals surface area contributed by atoms with Crippen molar-refractivity contribution in [1.82, 2.24) is 4.90 Å². The van der Waals surface area contributed by atoms with Gasteiger partial charge in [0.15, 0.2) is 0 Å². The summed E-state index contributed by atoms with van der Waals surface area (Å²) < 4.78 is 13.1. The Morgan fingerprint density at radius 1 is 1.44 bits per heavy atom. The first-order valence-corrected chi connectivity index (χ1v) is 5.44. The maximum atomic E-state index is 13.1. The molecule has 0 spiro atoms. The molecule has 0 aromatic heterocycles. The average molecular weight is 265 g/mol. The van der Waals surface area contributed by atoms with E-state index in [0.29, 0.717) is 5.02 Å². The molecule has 1 aliphatic heterocycles. The lowest BCUT2D eigenvalue weighted by atomic mass is 10.2. The summed E-state index contributed by atoms with van der Waals surface area (Å²) in [5, 5.41) is 0.452. The molecule has 1 atom stereocenters. The molecule has 1 fully saturated rings. The number of halogens is 3. The minimum Gasteiger partial charge on any atom is -0.326 e. The maximum Gasteiger partial charge on any atom is 0.125 e. The lowest BCUT2D eigenvalue weighted by molar-refractivity contribution is 0.326. The second-order valence-corrected chi connectivity index (χ2v) is 4.50. The van der Waals surface area contributed by atoms with Crippen molar-refractivity contribution in [3.8, 4) is 0 Å². The van der Waals surface area contributed by atoms with E-state index in [0.717, 1.165) is 31.6 Å². The van der Waals surface area contributed by atoms with Crippen LogP contribution < -0.4 is 5.73 Å². The van der Waals surface area contributed by atoms with Gasteiger partial charge in [0.05, 0.1) is 0 Å². The highest BCUT2D eigenvalue weighted by Crippen LogP contribution is 2.17. The van der Waals surface area contributed by atoms with Crippen LogP contribution in [0.4, 0.5) is 4.39 Å². The Hall–Kier alpha value is -0.350. The number of nitrogens with zero attached hydrogens (tertiary/aromatic N) is 1. The number of rotatable bonds is 2. The van der Waals surface area contributed by atoms with Crippen LogP contribution in [0.5, 0.6) is 0 Å². The topological polar surface area (TPSA) is 29.3 Å². The van der Waals surface area contributed by atoms with E-state index in [2.05, 4.69) is 4.90 Å². The van der Waals surface area contributed by atoms with E-state index in [4.69, 9.17) is 17.3 Å².